The average Bonchev–Trinajstić information content (AvgIpc) is 3.12. The maximum absolute atomic E-state index is 6.01. The van der Waals surface area contributed by atoms with E-state index in [-0.39, 0.29) is 0 Å². The van der Waals surface area contributed by atoms with Crippen LogP contribution < -0.4 is 5.32 Å². The summed E-state index contributed by atoms with van der Waals surface area (Å²) in [6.45, 7) is 7.17. The number of ether oxygens (including phenoxy) is 2. The van der Waals surface area contributed by atoms with Crippen molar-refractivity contribution >= 4 is 0 Å². The Hall–Kier alpha value is -0.120. The Morgan fingerprint density at radius 2 is 2.11 bits per heavy atom. The first-order valence-electron chi connectivity index (χ1n) is 8.31. The molecular formula is C16H31NO2. The summed E-state index contributed by atoms with van der Waals surface area (Å²) < 4.78 is 11.7. The van der Waals surface area contributed by atoms with Crippen LogP contribution in [0.5, 0.6) is 0 Å². The van der Waals surface area contributed by atoms with Gasteiger partial charge in [-0.1, -0.05) is 6.92 Å². The predicted molar refractivity (Wildman–Crippen MR) is 78.4 cm³/mol. The van der Waals surface area contributed by atoms with Crippen LogP contribution in [0.1, 0.15) is 58.8 Å². The Bertz CT molecular complexity index is 237. The topological polar surface area (TPSA) is 30.5 Å². The number of hydrogen-bond donors (Lipinski definition) is 1. The second-order valence-electron chi connectivity index (χ2n) is 5.99. The van der Waals surface area contributed by atoms with E-state index in [1.165, 1.54) is 44.9 Å². The van der Waals surface area contributed by atoms with Crippen molar-refractivity contribution in [3.8, 4) is 0 Å². The van der Waals surface area contributed by atoms with Gasteiger partial charge in [-0.05, 0) is 64.3 Å². The summed E-state index contributed by atoms with van der Waals surface area (Å²) in [6, 6.07) is 0.541. The molecule has 0 amide bonds. The Morgan fingerprint density at radius 1 is 1.26 bits per heavy atom. The van der Waals surface area contributed by atoms with E-state index in [1.54, 1.807) is 0 Å². The van der Waals surface area contributed by atoms with Crippen molar-refractivity contribution in [1.82, 2.24) is 5.32 Å². The molecule has 0 aromatic rings. The highest BCUT2D eigenvalue weighted by molar-refractivity contribution is 4.90. The van der Waals surface area contributed by atoms with E-state index in [4.69, 9.17) is 9.47 Å². The van der Waals surface area contributed by atoms with Crippen molar-refractivity contribution in [2.45, 2.75) is 77.0 Å². The molecule has 2 aliphatic rings. The van der Waals surface area contributed by atoms with Gasteiger partial charge < -0.3 is 14.8 Å². The molecule has 3 heteroatoms. The normalized spacial score (nSPS) is 26.5. The fourth-order valence-corrected chi connectivity index (χ4v) is 3.28. The van der Waals surface area contributed by atoms with Crippen molar-refractivity contribution in [3.05, 3.63) is 0 Å². The van der Waals surface area contributed by atoms with Gasteiger partial charge in [-0.15, -0.1) is 0 Å². The minimum atomic E-state index is 0.439. The van der Waals surface area contributed by atoms with Crippen LogP contribution in [0.4, 0.5) is 0 Å². The van der Waals surface area contributed by atoms with Gasteiger partial charge in [0.2, 0.25) is 0 Å². The zero-order valence-electron chi connectivity index (χ0n) is 12.7. The monoisotopic (exact) mass is 269 g/mol. The first-order chi connectivity index (χ1) is 9.35. The molecule has 3 unspecified atom stereocenters. The van der Waals surface area contributed by atoms with Gasteiger partial charge >= 0.3 is 0 Å². The Morgan fingerprint density at radius 3 is 2.68 bits per heavy atom. The maximum atomic E-state index is 6.01. The lowest BCUT2D eigenvalue weighted by molar-refractivity contribution is 0.0154. The summed E-state index contributed by atoms with van der Waals surface area (Å²) in [6.07, 6.45) is 9.94. The van der Waals surface area contributed by atoms with E-state index >= 15 is 0 Å². The summed E-state index contributed by atoms with van der Waals surface area (Å²) in [7, 11) is 0. The molecular weight excluding hydrogens is 238 g/mol. The Balaban J connectivity index is 1.73. The lowest BCUT2D eigenvalue weighted by Crippen LogP contribution is -2.42. The molecule has 3 atom stereocenters. The third-order valence-corrected chi connectivity index (χ3v) is 4.37. The lowest BCUT2D eigenvalue weighted by atomic mass is 9.98. The molecule has 0 spiro atoms. The molecule has 3 nitrogen and oxygen atoms in total. The molecule has 0 aromatic heterocycles. The van der Waals surface area contributed by atoms with Gasteiger partial charge in [0.15, 0.2) is 0 Å². The van der Waals surface area contributed by atoms with Crippen LogP contribution in [-0.4, -0.2) is 38.0 Å². The first-order valence-corrected chi connectivity index (χ1v) is 8.31. The Labute approximate surface area is 118 Å². The Kier molecular flexibility index (Phi) is 6.62. The molecule has 0 aromatic carbocycles. The van der Waals surface area contributed by atoms with Crippen LogP contribution in [0, 0.1) is 5.92 Å². The number of nitrogens with one attached hydrogen (secondary N) is 1. The highest BCUT2D eigenvalue weighted by Gasteiger charge is 2.36. The van der Waals surface area contributed by atoms with Gasteiger partial charge in [0.05, 0.1) is 12.2 Å². The third-order valence-electron chi connectivity index (χ3n) is 4.37. The van der Waals surface area contributed by atoms with Gasteiger partial charge in [0.25, 0.3) is 0 Å². The molecule has 1 saturated heterocycles. The molecule has 2 rings (SSSR count). The minimum Gasteiger partial charge on any atom is -0.378 e. The van der Waals surface area contributed by atoms with Gasteiger partial charge in [-0.3, -0.25) is 0 Å². The maximum Gasteiger partial charge on any atom is 0.0755 e. The van der Waals surface area contributed by atoms with Crippen molar-refractivity contribution in [2.24, 2.45) is 5.92 Å². The molecule has 1 aliphatic carbocycles. The first kappa shape index (κ1) is 15.3. The standard InChI is InChI=1S/C16H31NO2/c1-3-17-15(16(18-4-2)13-10-11-13)9-5-7-14-8-6-12-19-14/h13-17H,3-12H2,1-2H3. The van der Waals surface area contributed by atoms with E-state index in [0.717, 1.165) is 25.7 Å². The van der Waals surface area contributed by atoms with Gasteiger partial charge in [-0.2, -0.15) is 0 Å². The highest BCUT2D eigenvalue weighted by Crippen LogP contribution is 2.37. The molecule has 1 heterocycles. The number of rotatable bonds is 10. The zero-order chi connectivity index (χ0) is 13.5. The van der Waals surface area contributed by atoms with E-state index in [1.807, 2.05) is 0 Å². The minimum absolute atomic E-state index is 0.439. The van der Waals surface area contributed by atoms with Gasteiger partial charge in [0.1, 0.15) is 0 Å². The van der Waals surface area contributed by atoms with Crippen LogP contribution >= 0.6 is 0 Å². The smallest absolute Gasteiger partial charge is 0.0755 e. The summed E-state index contributed by atoms with van der Waals surface area (Å²) in [4.78, 5) is 0. The van der Waals surface area contributed by atoms with E-state index in [2.05, 4.69) is 19.2 Å². The van der Waals surface area contributed by atoms with E-state index in [9.17, 15) is 0 Å². The number of hydrogen-bond acceptors (Lipinski definition) is 3. The molecule has 0 radical (unpaired) electrons. The quantitative estimate of drug-likeness (QED) is 0.661. The van der Waals surface area contributed by atoms with E-state index in [0.29, 0.717) is 18.2 Å². The zero-order valence-corrected chi connectivity index (χ0v) is 12.7. The van der Waals surface area contributed by atoms with Crippen LogP contribution in [0.25, 0.3) is 0 Å². The van der Waals surface area contributed by atoms with Crippen molar-refractivity contribution < 1.29 is 9.47 Å². The molecule has 2 fully saturated rings. The van der Waals surface area contributed by atoms with Gasteiger partial charge in [0, 0.05) is 19.3 Å². The van der Waals surface area contributed by atoms with Crippen LogP contribution in [0.3, 0.4) is 0 Å². The second-order valence-corrected chi connectivity index (χ2v) is 5.99. The molecule has 112 valence electrons. The number of likely N-dealkylation sites (N-methyl/N-ethyl adjacent to an activating group) is 1. The van der Waals surface area contributed by atoms with Crippen molar-refractivity contribution in [2.75, 3.05) is 19.8 Å². The molecule has 0 bridgehead atoms. The van der Waals surface area contributed by atoms with Gasteiger partial charge in [-0.25, -0.2) is 0 Å². The van der Waals surface area contributed by atoms with Crippen LogP contribution in [-0.2, 0) is 9.47 Å². The average molecular weight is 269 g/mol. The second kappa shape index (κ2) is 8.23. The predicted octanol–water partition coefficient (Wildman–Crippen LogP) is 3.13. The SMILES string of the molecule is CCNC(CCCC1CCCO1)C(OCC)C1CC1. The largest absolute Gasteiger partial charge is 0.378 e. The summed E-state index contributed by atoms with van der Waals surface area (Å²) in [5.74, 6) is 0.812. The summed E-state index contributed by atoms with van der Waals surface area (Å²) >= 11 is 0. The molecule has 1 N–H and O–H groups in total. The summed E-state index contributed by atoms with van der Waals surface area (Å²) in [5.41, 5.74) is 0. The van der Waals surface area contributed by atoms with Crippen molar-refractivity contribution in [1.29, 1.82) is 0 Å². The fraction of sp³-hybridized carbons (Fsp3) is 1.00. The van der Waals surface area contributed by atoms with Crippen LogP contribution in [0.2, 0.25) is 0 Å². The lowest BCUT2D eigenvalue weighted by Gasteiger charge is -2.28. The van der Waals surface area contributed by atoms with Crippen LogP contribution in [0.15, 0.2) is 0 Å². The molecule has 1 aliphatic heterocycles. The molecule has 1 saturated carbocycles. The molecule has 19 heavy (non-hydrogen) atoms. The third kappa shape index (κ3) is 5.05. The summed E-state index contributed by atoms with van der Waals surface area (Å²) in [5, 5.41) is 3.65. The fourth-order valence-electron chi connectivity index (χ4n) is 3.28. The highest BCUT2D eigenvalue weighted by atomic mass is 16.5. The van der Waals surface area contributed by atoms with E-state index < -0.39 is 0 Å². The van der Waals surface area contributed by atoms with Crippen molar-refractivity contribution in [3.63, 3.8) is 0 Å².